The number of ether oxygens (including phenoxy) is 1. The molecular formula is C18H22N4O2. The maximum Gasteiger partial charge on any atom is 0.223 e. The Labute approximate surface area is 141 Å². The second-order valence-corrected chi connectivity index (χ2v) is 6.59. The number of amides is 1. The molecule has 2 heterocycles. The molecule has 126 valence electrons. The molecule has 0 radical (unpaired) electrons. The lowest BCUT2D eigenvalue weighted by Crippen LogP contribution is -2.34. The van der Waals surface area contributed by atoms with Gasteiger partial charge in [0.25, 0.3) is 0 Å². The maximum atomic E-state index is 12.5. The van der Waals surface area contributed by atoms with Gasteiger partial charge < -0.3 is 9.64 Å². The third-order valence-electron chi connectivity index (χ3n) is 5.18. The first-order chi connectivity index (χ1) is 11.8. The van der Waals surface area contributed by atoms with Gasteiger partial charge >= 0.3 is 0 Å². The Hall–Kier alpha value is -2.37. The number of para-hydroxylation sites is 2. The van der Waals surface area contributed by atoms with Crippen LogP contribution in [0.5, 0.6) is 5.75 Å². The van der Waals surface area contributed by atoms with E-state index >= 15 is 0 Å². The second-order valence-electron chi connectivity index (χ2n) is 6.59. The summed E-state index contributed by atoms with van der Waals surface area (Å²) in [5.74, 6) is 1.93. The van der Waals surface area contributed by atoms with Crippen LogP contribution in [0, 0.1) is 0 Å². The summed E-state index contributed by atoms with van der Waals surface area (Å²) in [5, 5.41) is 4.38. The number of carbonyl (C=O) groups excluding carboxylic acids is 1. The zero-order valence-corrected chi connectivity index (χ0v) is 13.9. The molecule has 4 rings (SSSR count). The van der Waals surface area contributed by atoms with Gasteiger partial charge in [0.15, 0.2) is 0 Å². The Bertz CT molecular complexity index is 736. The van der Waals surface area contributed by atoms with Gasteiger partial charge in [-0.25, -0.2) is 9.67 Å². The quantitative estimate of drug-likeness (QED) is 0.866. The largest absolute Gasteiger partial charge is 0.494 e. The summed E-state index contributed by atoms with van der Waals surface area (Å²) in [4.78, 5) is 19.0. The van der Waals surface area contributed by atoms with Gasteiger partial charge in [-0.2, -0.15) is 5.10 Å². The molecule has 1 saturated carbocycles. The van der Waals surface area contributed by atoms with Gasteiger partial charge in [-0.15, -0.1) is 0 Å². The van der Waals surface area contributed by atoms with Crippen molar-refractivity contribution in [2.45, 2.75) is 44.1 Å². The number of likely N-dealkylation sites (tertiary alicyclic amines) is 1. The lowest BCUT2D eigenvalue weighted by atomic mass is 10.1. The number of carbonyl (C=O) groups is 1. The number of hydrogen-bond acceptors (Lipinski definition) is 4. The first-order valence-electron chi connectivity index (χ1n) is 8.60. The van der Waals surface area contributed by atoms with Gasteiger partial charge in [0.2, 0.25) is 5.91 Å². The first-order valence-corrected chi connectivity index (χ1v) is 8.60. The van der Waals surface area contributed by atoms with Crippen molar-refractivity contribution in [2.24, 2.45) is 0 Å². The SMILES string of the molecule is COc1ccccc1-n1ncnc1C1CC(=O)N(C2CCCC2)C1. The van der Waals surface area contributed by atoms with Gasteiger partial charge in [0.1, 0.15) is 23.6 Å². The number of hydrogen-bond donors (Lipinski definition) is 0. The third kappa shape index (κ3) is 2.56. The van der Waals surface area contributed by atoms with E-state index in [-0.39, 0.29) is 11.8 Å². The highest BCUT2D eigenvalue weighted by Crippen LogP contribution is 2.34. The van der Waals surface area contributed by atoms with Crippen LogP contribution in [-0.2, 0) is 4.79 Å². The van der Waals surface area contributed by atoms with E-state index in [9.17, 15) is 4.79 Å². The van der Waals surface area contributed by atoms with E-state index in [0.29, 0.717) is 12.5 Å². The molecular weight excluding hydrogens is 304 g/mol. The number of aromatic nitrogens is 3. The zero-order chi connectivity index (χ0) is 16.5. The normalized spacial score (nSPS) is 21.6. The van der Waals surface area contributed by atoms with Crippen LogP contribution < -0.4 is 4.74 Å². The molecule has 0 N–H and O–H groups in total. The fourth-order valence-electron chi connectivity index (χ4n) is 3.99. The lowest BCUT2D eigenvalue weighted by Gasteiger charge is -2.24. The summed E-state index contributed by atoms with van der Waals surface area (Å²) >= 11 is 0. The Kier molecular flexibility index (Phi) is 3.96. The maximum absolute atomic E-state index is 12.5. The summed E-state index contributed by atoms with van der Waals surface area (Å²) < 4.78 is 7.26. The van der Waals surface area contributed by atoms with E-state index in [4.69, 9.17) is 4.74 Å². The van der Waals surface area contributed by atoms with Crippen molar-refractivity contribution in [3.8, 4) is 11.4 Å². The molecule has 2 aromatic rings. The minimum Gasteiger partial charge on any atom is -0.494 e. The zero-order valence-electron chi connectivity index (χ0n) is 13.9. The van der Waals surface area contributed by atoms with Crippen molar-refractivity contribution >= 4 is 5.91 Å². The van der Waals surface area contributed by atoms with Crippen LogP contribution in [0.2, 0.25) is 0 Å². The fraction of sp³-hybridized carbons (Fsp3) is 0.500. The summed E-state index contributed by atoms with van der Waals surface area (Å²) in [6.07, 6.45) is 6.82. The van der Waals surface area contributed by atoms with Crippen molar-refractivity contribution in [3.05, 3.63) is 36.4 Å². The summed E-state index contributed by atoms with van der Waals surface area (Å²) in [6, 6.07) is 8.17. The molecule has 0 spiro atoms. The van der Waals surface area contributed by atoms with Crippen LogP contribution in [-0.4, -0.2) is 45.3 Å². The Morgan fingerprint density at radius 2 is 2.00 bits per heavy atom. The second kappa shape index (κ2) is 6.26. The van der Waals surface area contributed by atoms with Gasteiger partial charge in [-0.1, -0.05) is 25.0 Å². The van der Waals surface area contributed by atoms with E-state index in [0.717, 1.165) is 36.6 Å². The van der Waals surface area contributed by atoms with Crippen molar-refractivity contribution in [1.82, 2.24) is 19.7 Å². The molecule has 1 saturated heterocycles. The van der Waals surface area contributed by atoms with Crippen molar-refractivity contribution in [2.75, 3.05) is 13.7 Å². The molecule has 1 aromatic heterocycles. The molecule has 1 aliphatic heterocycles. The minimum absolute atomic E-state index is 0.0884. The van der Waals surface area contributed by atoms with E-state index in [1.807, 2.05) is 28.9 Å². The van der Waals surface area contributed by atoms with E-state index < -0.39 is 0 Å². The smallest absolute Gasteiger partial charge is 0.223 e. The molecule has 2 aliphatic rings. The Morgan fingerprint density at radius 3 is 2.79 bits per heavy atom. The molecule has 1 aliphatic carbocycles. The van der Waals surface area contributed by atoms with Crippen LogP contribution in [0.1, 0.15) is 43.8 Å². The fourth-order valence-corrected chi connectivity index (χ4v) is 3.99. The predicted molar refractivity (Wildman–Crippen MR) is 89.2 cm³/mol. The number of methoxy groups -OCH3 is 1. The van der Waals surface area contributed by atoms with Crippen LogP contribution in [0.4, 0.5) is 0 Å². The van der Waals surface area contributed by atoms with Gasteiger partial charge in [-0.05, 0) is 25.0 Å². The van der Waals surface area contributed by atoms with E-state index in [2.05, 4.69) is 15.0 Å². The van der Waals surface area contributed by atoms with Crippen LogP contribution >= 0.6 is 0 Å². The Morgan fingerprint density at radius 1 is 1.21 bits per heavy atom. The van der Waals surface area contributed by atoms with Crippen molar-refractivity contribution in [3.63, 3.8) is 0 Å². The van der Waals surface area contributed by atoms with Crippen molar-refractivity contribution in [1.29, 1.82) is 0 Å². The van der Waals surface area contributed by atoms with Gasteiger partial charge in [0, 0.05) is 24.9 Å². The number of benzene rings is 1. The predicted octanol–water partition coefficient (Wildman–Crippen LogP) is 2.53. The first kappa shape index (κ1) is 15.2. The van der Waals surface area contributed by atoms with Gasteiger partial charge in [-0.3, -0.25) is 4.79 Å². The van der Waals surface area contributed by atoms with E-state index in [1.54, 1.807) is 13.4 Å². The molecule has 24 heavy (non-hydrogen) atoms. The average molecular weight is 326 g/mol. The molecule has 0 bridgehead atoms. The molecule has 6 heteroatoms. The molecule has 1 atom stereocenters. The molecule has 2 fully saturated rings. The Balaban J connectivity index is 1.62. The molecule has 1 aromatic carbocycles. The summed E-state index contributed by atoms with van der Waals surface area (Å²) in [7, 11) is 1.65. The minimum atomic E-state index is 0.0884. The van der Waals surface area contributed by atoms with Crippen LogP contribution in [0.15, 0.2) is 30.6 Å². The topological polar surface area (TPSA) is 60.2 Å². The lowest BCUT2D eigenvalue weighted by molar-refractivity contribution is -0.129. The summed E-state index contributed by atoms with van der Waals surface area (Å²) in [5.41, 5.74) is 0.860. The highest BCUT2D eigenvalue weighted by atomic mass is 16.5. The molecule has 1 unspecified atom stereocenters. The molecule has 1 amide bonds. The average Bonchev–Trinajstić information content (AvgIpc) is 3.34. The number of nitrogens with zero attached hydrogens (tertiary/aromatic N) is 4. The molecule has 6 nitrogen and oxygen atoms in total. The third-order valence-corrected chi connectivity index (χ3v) is 5.18. The highest BCUT2D eigenvalue weighted by Gasteiger charge is 2.38. The standard InChI is InChI=1S/C18H22N4O2/c1-24-16-9-5-4-8-15(16)22-18(19-12-20-22)13-10-17(23)21(11-13)14-6-2-3-7-14/h4-5,8-9,12-14H,2-3,6-7,10-11H2,1H3. The van der Waals surface area contributed by atoms with Gasteiger partial charge in [0.05, 0.1) is 7.11 Å². The summed E-state index contributed by atoms with van der Waals surface area (Å²) in [6.45, 7) is 0.747. The van der Waals surface area contributed by atoms with Crippen molar-refractivity contribution < 1.29 is 9.53 Å². The monoisotopic (exact) mass is 326 g/mol. The highest BCUT2D eigenvalue weighted by molar-refractivity contribution is 5.80. The van der Waals surface area contributed by atoms with E-state index in [1.165, 1.54) is 12.8 Å². The van der Waals surface area contributed by atoms with Crippen LogP contribution in [0.3, 0.4) is 0 Å². The van der Waals surface area contributed by atoms with Crippen LogP contribution in [0.25, 0.3) is 5.69 Å². The number of rotatable bonds is 4.